The van der Waals surface area contributed by atoms with Crippen LogP contribution >= 0.6 is 11.5 Å². The predicted octanol–water partition coefficient (Wildman–Crippen LogP) is 1.23. The van der Waals surface area contributed by atoms with Gasteiger partial charge in [0.05, 0.1) is 10.6 Å². The Hall–Kier alpha value is -0.480. The van der Waals surface area contributed by atoms with E-state index >= 15 is 0 Å². The number of nitrogens with two attached hydrogens (primary N) is 1. The van der Waals surface area contributed by atoms with Crippen LogP contribution in [0.1, 0.15) is 29.8 Å². The predicted molar refractivity (Wildman–Crippen MR) is 49.2 cm³/mol. The monoisotopic (exact) mass is 183 g/mol. The first-order valence-electron chi connectivity index (χ1n) is 4.28. The van der Waals surface area contributed by atoms with Gasteiger partial charge in [0.25, 0.3) is 0 Å². The quantitative estimate of drug-likeness (QED) is 0.766. The number of hydrogen-bond donors (Lipinski definition) is 1. The van der Waals surface area contributed by atoms with E-state index < -0.39 is 0 Å². The molecule has 1 aliphatic rings. The molecule has 66 valence electrons. The number of aryl methyl sites for hydroxylation is 1. The maximum Gasteiger partial charge on any atom is 0.0762 e. The molecule has 0 atom stereocenters. The van der Waals surface area contributed by atoms with Gasteiger partial charge in [-0.2, -0.15) is 0 Å². The van der Waals surface area contributed by atoms with E-state index in [0.29, 0.717) is 5.41 Å². The first-order valence-corrected chi connectivity index (χ1v) is 5.05. The van der Waals surface area contributed by atoms with Gasteiger partial charge in [-0.3, -0.25) is 0 Å². The minimum atomic E-state index is 0.382. The average molecular weight is 183 g/mol. The Bertz CT molecular complexity index is 278. The second kappa shape index (κ2) is 2.78. The van der Waals surface area contributed by atoms with Gasteiger partial charge in [0.2, 0.25) is 0 Å². The van der Waals surface area contributed by atoms with E-state index in [1.54, 1.807) is 11.5 Å². The molecule has 1 heterocycles. The lowest BCUT2D eigenvalue weighted by Crippen LogP contribution is -2.13. The van der Waals surface area contributed by atoms with E-state index in [2.05, 4.69) is 9.59 Å². The largest absolute Gasteiger partial charge is 0.330 e. The van der Waals surface area contributed by atoms with E-state index in [1.807, 2.05) is 6.92 Å². The lowest BCUT2D eigenvalue weighted by Gasteiger charge is -2.10. The molecule has 1 saturated carbocycles. The van der Waals surface area contributed by atoms with E-state index in [0.717, 1.165) is 18.7 Å². The Balaban J connectivity index is 2.24. The van der Waals surface area contributed by atoms with Crippen molar-refractivity contribution in [1.82, 2.24) is 9.59 Å². The Morgan fingerprint density at radius 1 is 1.58 bits per heavy atom. The van der Waals surface area contributed by atoms with Crippen LogP contribution in [0.25, 0.3) is 0 Å². The SMILES string of the molecule is Cc1nnsc1C1(CCN)CC1. The van der Waals surface area contributed by atoms with Crippen molar-refractivity contribution < 1.29 is 0 Å². The molecule has 0 aromatic carbocycles. The fourth-order valence-corrected chi connectivity index (χ4v) is 2.65. The Morgan fingerprint density at radius 2 is 2.33 bits per heavy atom. The Kier molecular flexibility index (Phi) is 1.88. The lowest BCUT2D eigenvalue weighted by atomic mass is 9.99. The van der Waals surface area contributed by atoms with Crippen LogP contribution in [0.15, 0.2) is 0 Å². The van der Waals surface area contributed by atoms with Gasteiger partial charge in [0, 0.05) is 5.41 Å². The van der Waals surface area contributed by atoms with Crippen LogP contribution < -0.4 is 5.73 Å². The third-order valence-electron chi connectivity index (χ3n) is 2.61. The molecular weight excluding hydrogens is 170 g/mol. The number of aromatic nitrogens is 2. The summed E-state index contributed by atoms with van der Waals surface area (Å²) in [4.78, 5) is 1.37. The molecule has 0 aliphatic heterocycles. The van der Waals surface area contributed by atoms with Crippen molar-refractivity contribution in [3.63, 3.8) is 0 Å². The molecule has 0 spiro atoms. The summed E-state index contributed by atoms with van der Waals surface area (Å²) in [6.07, 6.45) is 3.64. The van der Waals surface area contributed by atoms with Gasteiger partial charge in [-0.15, -0.1) is 5.10 Å². The minimum absolute atomic E-state index is 0.382. The maximum absolute atomic E-state index is 5.57. The molecular formula is C8H13N3S. The molecule has 0 radical (unpaired) electrons. The smallest absolute Gasteiger partial charge is 0.0762 e. The van der Waals surface area contributed by atoms with Crippen molar-refractivity contribution in [1.29, 1.82) is 0 Å². The minimum Gasteiger partial charge on any atom is -0.330 e. The third kappa shape index (κ3) is 1.15. The molecule has 1 aliphatic carbocycles. The zero-order valence-corrected chi connectivity index (χ0v) is 8.02. The number of hydrogen-bond acceptors (Lipinski definition) is 4. The van der Waals surface area contributed by atoms with E-state index in [-0.39, 0.29) is 0 Å². The average Bonchev–Trinajstić information content (AvgIpc) is 2.68. The van der Waals surface area contributed by atoms with E-state index in [9.17, 15) is 0 Å². The summed E-state index contributed by atoms with van der Waals surface area (Å²) < 4.78 is 3.96. The van der Waals surface area contributed by atoms with Crippen molar-refractivity contribution in [2.75, 3.05) is 6.54 Å². The highest BCUT2D eigenvalue weighted by Crippen LogP contribution is 2.52. The highest BCUT2D eigenvalue weighted by atomic mass is 32.1. The van der Waals surface area contributed by atoms with Gasteiger partial charge in [0.15, 0.2) is 0 Å². The molecule has 4 heteroatoms. The fraction of sp³-hybridized carbons (Fsp3) is 0.750. The zero-order chi connectivity index (χ0) is 8.60. The van der Waals surface area contributed by atoms with Crippen molar-refractivity contribution in [2.45, 2.75) is 31.6 Å². The van der Waals surface area contributed by atoms with Crippen LogP contribution in [0.3, 0.4) is 0 Å². The summed E-state index contributed by atoms with van der Waals surface area (Å²) in [6.45, 7) is 2.81. The maximum atomic E-state index is 5.57. The molecule has 2 rings (SSSR count). The van der Waals surface area contributed by atoms with Crippen LogP contribution in [0.4, 0.5) is 0 Å². The van der Waals surface area contributed by atoms with Gasteiger partial charge < -0.3 is 5.73 Å². The summed E-state index contributed by atoms with van der Waals surface area (Å²) in [5.74, 6) is 0. The van der Waals surface area contributed by atoms with Crippen LogP contribution in [-0.4, -0.2) is 16.1 Å². The highest BCUT2D eigenvalue weighted by molar-refractivity contribution is 7.05. The molecule has 3 nitrogen and oxygen atoms in total. The molecule has 1 aromatic rings. The molecule has 1 fully saturated rings. The van der Waals surface area contributed by atoms with E-state index in [1.165, 1.54) is 17.7 Å². The molecule has 12 heavy (non-hydrogen) atoms. The fourth-order valence-electron chi connectivity index (χ4n) is 1.73. The number of rotatable bonds is 3. The molecule has 1 aromatic heterocycles. The Morgan fingerprint density at radius 3 is 2.75 bits per heavy atom. The van der Waals surface area contributed by atoms with Gasteiger partial charge in [-0.1, -0.05) is 4.49 Å². The standard InChI is InChI=1S/C8H13N3S/c1-6-7(12-11-10-6)8(2-3-8)4-5-9/h2-5,9H2,1H3. The lowest BCUT2D eigenvalue weighted by molar-refractivity contribution is 0.635. The van der Waals surface area contributed by atoms with Crippen LogP contribution in [0.2, 0.25) is 0 Å². The molecule has 0 bridgehead atoms. The Labute approximate surface area is 76.1 Å². The summed E-state index contributed by atoms with van der Waals surface area (Å²) in [7, 11) is 0. The highest BCUT2D eigenvalue weighted by Gasteiger charge is 2.46. The summed E-state index contributed by atoms with van der Waals surface area (Å²) >= 11 is 1.54. The van der Waals surface area contributed by atoms with Crippen molar-refractivity contribution >= 4 is 11.5 Å². The van der Waals surface area contributed by atoms with Crippen LogP contribution in [0, 0.1) is 6.92 Å². The van der Waals surface area contributed by atoms with Gasteiger partial charge in [0.1, 0.15) is 0 Å². The summed E-state index contributed by atoms with van der Waals surface area (Å²) in [6, 6.07) is 0. The molecule has 0 amide bonds. The van der Waals surface area contributed by atoms with Crippen molar-refractivity contribution in [3.8, 4) is 0 Å². The van der Waals surface area contributed by atoms with Crippen LogP contribution in [-0.2, 0) is 5.41 Å². The second-order valence-electron chi connectivity index (χ2n) is 3.51. The first kappa shape index (κ1) is 8.13. The number of nitrogens with zero attached hydrogens (tertiary/aromatic N) is 2. The normalized spacial score (nSPS) is 19.5. The summed E-state index contributed by atoms with van der Waals surface area (Å²) in [5, 5.41) is 4.03. The van der Waals surface area contributed by atoms with Crippen molar-refractivity contribution in [2.24, 2.45) is 5.73 Å². The molecule has 0 saturated heterocycles. The summed E-state index contributed by atoms with van der Waals surface area (Å²) in [5.41, 5.74) is 7.06. The second-order valence-corrected chi connectivity index (χ2v) is 4.26. The first-order chi connectivity index (χ1) is 5.78. The molecule has 0 unspecified atom stereocenters. The van der Waals surface area contributed by atoms with Crippen molar-refractivity contribution in [3.05, 3.63) is 10.6 Å². The topological polar surface area (TPSA) is 51.8 Å². The third-order valence-corrected chi connectivity index (χ3v) is 3.68. The van der Waals surface area contributed by atoms with Gasteiger partial charge >= 0.3 is 0 Å². The van der Waals surface area contributed by atoms with Gasteiger partial charge in [-0.25, -0.2) is 0 Å². The molecule has 2 N–H and O–H groups in total. The van der Waals surface area contributed by atoms with Crippen LogP contribution in [0.5, 0.6) is 0 Å². The van der Waals surface area contributed by atoms with E-state index in [4.69, 9.17) is 5.73 Å². The zero-order valence-electron chi connectivity index (χ0n) is 7.21. The van der Waals surface area contributed by atoms with Gasteiger partial charge in [-0.05, 0) is 44.3 Å².